The predicted molar refractivity (Wildman–Crippen MR) is 93.1 cm³/mol. The zero-order valence-corrected chi connectivity index (χ0v) is 14.2. The molecule has 0 spiro atoms. The quantitative estimate of drug-likeness (QED) is 0.857. The van der Waals surface area contributed by atoms with Gasteiger partial charge in [-0.25, -0.2) is 0 Å². The predicted octanol–water partition coefficient (Wildman–Crippen LogP) is 5.03. The molecule has 0 amide bonds. The summed E-state index contributed by atoms with van der Waals surface area (Å²) in [6.45, 7) is 8.78. The van der Waals surface area contributed by atoms with Gasteiger partial charge in [0.05, 0.1) is 0 Å². The Morgan fingerprint density at radius 1 is 1.00 bits per heavy atom. The summed E-state index contributed by atoms with van der Waals surface area (Å²) in [6.07, 6.45) is 0.920. The van der Waals surface area contributed by atoms with E-state index < -0.39 is 0 Å². The molecule has 2 rings (SSSR count). The summed E-state index contributed by atoms with van der Waals surface area (Å²) in [5.74, 6) is 0. The molecule has 1 unspecified atom stereocenters. The van der Waals surface area contributed by atoms with Crippen LogP contribution in [-0.2, 0) is 11.8 Å². The van der Waals surface area contributed by atoms with Crippen molar-refractivity contribution in [3.8, 4) is 0 Å². The van der Waals surface area contributed by atoms with E-state index >= 15 is 0 Å². The molecule has 0 heterocycles. The normalized spacial score (nSPS) is 13.2. The fourth-order valence-corrected chi connectivity index (χ4v) is 3.22. The second-order valence-corrected chi connectivity index (χ2v) is 7.78. The molecule has 112 valence electrons. The van der Waals surface area contributed by atoms with Crippen LogP contribution in [0.3, 0.4) is 0 Å². The van der Waals surface area contributed by atoms with E-state index in [2.05, 4.69) is 76.2 Å². The highest BCUT2D eigenvalue weighted by Crippen LogP contribution is 2.32. The van der Waals surface area contributed by atoms with Gasteiger partial charge in [0.25, 0.3) is 0 Å². The first-order valence-corrected chi connectivity index (χ1v) is 8.30. The number of hydrogen-bond acceptors (Lipinski definition) is 2. The van der Waals surface area contributed by atoms with Crippen molar-refractivity contribution in [2.45, 2.75) is 55.4 Å². The Kier molecular flexibility index (Phi) is 5.13. The van der Waals surface area contributed by atoms with Gasteiger partial charge in [0, 0.05) is 15.8 Å². The molecule has 0 aromatic heterocycles. The minimum atomic E-state index is 0.190. The minimum absolute atomic E-state index is 0.190. The second kappa shape index (κ2) is 6.67. The highest BCUT2D eigenvalue weighted by atomic mass is 32.2. The fraction of sp³-hybridized carbons (Fsp3) is 0.368. The lowest BCUT2D eigenvalue weighted by Crippen LogP contribution is -2.18. The van der Waals surface area contributed by atoms with Crippen molar-refractivity contribution in [2.24, 2.45) is 5.73 Å². The molecule has 0 bridgehead atoms. The summed E-state index contributed by atoms with van der Waals surface area (Å²) in [4.78, 5) is 2.58. The van der Waals surface area contributed by atoms with Crippen molar-refractivity contribution in [1.29, 1.82) is 0 Å². The Hall–Kier alpha value is -1.25. The van der Waals surface area contributed by atoms with Crippen LogP contribution in [0.25, 0.3) is 0 Å². The summed E-state index contributed by atoms with van der Waals surface area (Å²) in [5.41, 5.74) is 8.85. The molecule has 0 fully saturated rings. The summed E-state index contributed by atoms with van der Waals surface area (Å²) in [5, 5.41) is 0. The van der Waals surface area contributed by atoms with E-state index in [9.17, 15) is 0 Å². The lowest BCUT2D eigenvalue weighted by molar-refractivity contribution is 0.590. The lowest BCUT2D eigenvalue weighted by Gasteiger charge is -2.19. The van der Waals surface area contributed by atoms with E-state index in [1.54, 1.807) is 0 Å². The van der Waals surface area contributed by atoms with E-state index in [0.29, 0.717) is 0 Å². The van der Waals surface area contributed by atoms with Gasteiger partial charge >= 0.3 is 0 Å². The molecular weight excluding hydrogens is 274 g/mol. The molecule has 0 radical (unpaired) electrons. The molecule has 2 aromatic rings. The minimum Gasteiger partial charge on any atom is -0.328 e. The van der Waals surface area contributed by atoms with Crippen LogP contribution in [0.4, 0.5) is 0 Å². The number of hydrogen-bond donors (Lipinski definition) is 1. The van der Waals surface area contributed by atoms with Gasteiger partial charge in [-0.2, -0.15) is 0 Å². The molecule has 0 aliphatic heterocycles. The van der Waals surface area contributed by atoms with Crippen LogP contribution in [0.15, 0.2) is 58.3 Å². The van der Waals surface area contributed by atoms with E-state index in [1.807, 2.05) is 11.8 Å². The molecule has 0 aliphatic rings. The maximum atomic E-state index is 5.95. The van der Waals surface area contributed by atoms with Crippen LogP contribution >= 0.6 is 11.8 Å². The zero-order valence-electron chi connectivity index (χ0n) is 13.4. The molecule has 2 N–H and O–H groups in total. The Morgan fingerprint density at radius 3 is 2.19 bits per heavy atom. The molecule has 1 nitrogen and oxygen atoms in total. The number of benzene rings is 2. The SMILES string of the molecule is CC(N)Cc1ccccc1Sc1ccc(C(C)(C)C)cc1. The van der Waals surface area contributed by atoms with Crippen molar-refractivity contribution in [2.75, 3.05) is 0 Å². The van der Waals surface area contributed by atoms with Crippen LogP contribution in [0, 0.1) is 0 Å². The third-order valence-electron chi connectivity index (χ3n) is 3.46. The van der Waals surface area contributed by atoms with Gasteiger partial charge in [-0.15, -0.1) is 0 Å². The Bertz CT molecular complexity index is 579. The van der Waals surface area contributed by atoms with Gasteiger partial charge in [0.2, 0.25) is 0 Å². The van der Waals surface area contributed by atoms with Crippen molar-refractivity contribution in [3.05, 3.63) is 59.7 Å². The molecule has 2 heteroatoms. The highest BCUT2D eigenvalue weighted by molar-refractivity contribution is 7.99. The van der Waals surface area contributed by atoms with Gasteiger partial charge < -0.3 is 5.73 Å². The summed E-state index contributed by atoms with van der Waals surface area (Å²) in [7, 11) is 0. The molecule has 2 aromatic carbocycles. The number of rotatable bonds is 4. The van der Waals surface area contributed by atoms with Crippen molar-refractivity contribution in [1.82, 2.24) is 0 Å². The Labute approximate surface area is 133 Å². The zero-order chi connectivity index (χ0) is 15.5. The second-order valence-electron chi connectivity index (χ2n) is 6.67. The van der Waals surface area contributed by atoms with E-state index in [-0.39, 0.29) is 11.5 Å². The number of nitrogens with two attached hydrogens (primary N) is 1. The van der Waals surface area contributed by atoms with E-state index in [4.69, 9.17) is 5.73 Å². The summed E-state index contributed by atoms with van der Waals surface area (Å²) in [6, 6.07) is 17.6. The molecule has 0 saturated heterocycles. The maximum absolute atomic E-state index is 5.95. The Morgan fingerprint density at radius 2 is 1.62 bits per heavy atom. The molecule has 21 heavy (non-hydrogen) atoms. The summed E-state index contributed by atoms with van der Waals surface area (Å²) < 4.78 is 0. The van der Waals surface area contributed by atoms with Crippen molar-refractivity contribution >= 4 is 11.8 Å². The smallest absolute Gasteiger partial charge is 0.0154 e. The van der Waals surface area contributed by atoms with Gasteiger partial charge in [0.15, 0.2) is 0 Å². The van der Waals surface area contributed by atoms with E-state index in [1.165, 1.54) is 20.9 Å². The monoisotopic (exact) mass is 299 g/mol. The highest BCUT2D eigenvalue weighted by Gasteiger charge is 2.13. The van der Waals surface area contributed by atoms with Gasteiger partial charge in [0.1, 0.15) is 0 Å². The molecule has 1 atom stereocenters. The first-order chi connectivity index (χ1) is 9.86. The third-order valence-corrected chi connectivity index (χ3v) is 4.59. The fourth-order valence-electron chi connectivity index (χ4n) is 2.27. The molecule has 0 saturated carbocycles. The first kappa shape index (κ1) is 16.1. The molecular formula is C19H25NS. The van der Waals surface area contributed by atoms with Crippen LogP contribution in [0.1, 0.15) is 38.8 Å². The summed E-state index contributed by atoms with van der Waals surface area (Å²) >= 11 is 1.82. The lowest BCUT2D eigenvalue weighted by atomic mass is 9.87. The Balaban J connectivity index is 2.19. The van der Waals surface area contributed by atoms with Crippen LogP contribution < -0.4 is 5.73 Å². The molecule has 0 aliphatic carbocycles. The maximum Gasteiger partial charge on any atom is 0.0154 e. The van der Waals surface area contributed by atoms with Gasteiger partial charge in [-0.05, 0) is 48.1 Å². The van der Waals surface area contributed by atoms with Gasteiger partial charge in [-0.3, -0.25) is 0 Å². The van der Waals surface area contributed by atoms with E-state index in [0.717, 1.165) is 6.42 Å². The largest absolute Gasteiger partial charge is 0.328 e. The topological polar surface area (TPSA) is 26.0 Å². The van der Waals surface area contributed by atoms with Crippen LogP contribution in [-0.4, -0.2) is 6.04 Å². The van der Waals surface area contributed by atoms with Crippen molar-refractivity contribution < 1.29 is 0 Å². The first-order valence-electron chi connectivity index (χ1n) is 7.48. The standard InChI is InChI=1S/C19H25NS/c1-14(20)13-15-7-5-6-8-18(15)21-17-11-9-16(10-12-17)19(2,3)4/h5-12,14H,13,20H2,1-4H3. The average molecular weight is 299 g/mol. The third kappa shape index (κ3) is 4.62. The average Bonchev–Trinajstić information content (AvgIpc) is 2.40. The van der Waals surface area contributed by atoms with Gasteiger partial charge in [-0.1, -0.05) is 62.9 Å². The van der Waals surface area contributed by atoms with Crippen molar-refractivity contribution in [3.63, 3.8) is 0 Å². The van der Waals surface area contributed by atoms with Crippen LogP contribution in [0.5, 0.6) is 0 Å². The van der Waals surface area contributed by atoms with Crippen LogP contribution in [0.2, 0.25) is 0 Å².